The molecule has 11 heteroatoms. The van der Waals surface area contributed by atoms with Gasteiger partial charge in [-0.2, -0.15) is 9.29 Å². The summed E-state index contributed by atoms with van der Waals surface area (Å²) in [5.74, 6) is 0.865. The largest absolute Gasteiger partial charge is 0.338 e. The van der Waals surface area contributed by atoms with E-state index in [1.165, 1.54) is 0 Å². The van der Waals surface area contributed by atoms with E-state index in [2.05, 4.69) is 20.4 Å². The molecule has 5 rings (SSSR count). The Morgan fingerprint density at radius 3 is 2.46 bits per heavy atom. The SMILES string of the molecule is O=C(Nc1ccc(S(=O)(=O)N2CCCCC2)cc1)C1CCN(Cc2nc(-c3cccc(Cl)c3)no2)CC1. The van der Waals surface area contributed by atoms with Gasteiger partial charge in [-0.15, -0.1) is 0 Å². The molecule has 1 amide bonds. The molecule has 196 valence electrons. The quantitative estimate of drug-likeness (QED) is 0.470. The van der Waals surface area contributed by atoms with Crippen LogP contribution in [0.5, 0.6) is 0 Å². The number of aromatic nitrogens is 2. The van der Waals surface area contributed by atoms with E-state index in [9.17, 15) is 13.2 Å². The standard InChI is InChI=1S/C26H30ClN5O4S/c27-21-6-4-5-20(17-21)25-29-24(36-30-25)18-31-15-11-19(12-16-31)26(33)28-22-7-9-23(10-8-22)37(34,35)32-13-2-1-3-14-32/h4-10,17,19H,1-3,11-16,18H2,(H,28,33). The van der Waals surface area contributed by atoms with Gasteiger partial charge in [0.1, 0.15) is 0 Å². The van der Waals surface area contributed by atoms with Gasteiger partial charge in [0, 0.05) is 35.3 Å². The van der Waals surface area contributed by atoms with Crippen LogP contribution in [0.25, 0.3) is 11.4 Å². The van der Waals surface area contributed by atoms with Crippen molar-refractivity contribution in [1.82, 2.24) is 19.3 Å². The minimum absolute atomic E-state index is 0.0488. The lowest BCUT2D eigenvalue weighted by molar-refractivity contribution is -0.121. The molecule has 2 aromatic carbocycles. The van der Waals surface area contributed by atoms with E-state index in [1.54, 1.807) is 40.7 Å². The molecule has 0 bridgehead atoms. The maximum absolute atomic E-state index is 12.8. The topological polar surface area (TPSA) is 109 Å². The fraction of sp³-hybridized carbons (Fsp3) is 0.423. The first-order chi connectivity index (χ1) is 17.9. The van der Waals surface area contributed by atoms with E-state index in [-0.39, 0.29) is 16.7 Å². The highest BCUT2D eigenvalue weighted by molar-refractivity contribution is 7.89. The highest BCUT2D eigenvalue weighted by Crippen LogP contribution is 2.25. The molecule has 3 aromatic rings. The summed E-state index contributed by atoms with van der Waals surface area (Å²) in [6, 6.07) is 13.8. The zero-order valence-electron chi connectivity index (χ0n) is 20.5. The van der Waals surface area contributed by atoms with Crippen molar-refractivity contribution in [2.45, 2.75) is 43.5 Å². The molecule has 0 atom stereocenters. The van der Waals surface area contributed by atoms with E-state index < -0.39 is 10.0 Å². The van der Waals surface area contributed by atoms with Gasteiger partial charge in [0.25, 0.3) is 0 Å². The molecule has 37 heavy (non-hydrogen) atoms. The summed E-state index contributed by atoms with van der Waals surface area (Å²) in [7, 11) is -3.48. The van der Waals surface area contributed by atoms with Gasteiger partial charge in [-0.05, 0) is 75.2 Å². The van der Waals surface area contributed by atoms with Gasteiger partial charge < -0.3 is 9.84 Å². The van der Waals surface area contributed by atoms with E-state index in [4.69, 9.17) is 16.1 Å². The number of nitrogens with one attached hydrogen (secondary N) is 1. The number of carbonyl (C=O) groups excluding carboxylic acids is 1. The molecule has 1 N–H and O–H groups in total. The second kappa shape index (κ2) is 11.3. The number of halogens is 1. The Hall–Kier alpha value is -2.79. The Labute approximate surface area is 221 Å². The molecular formula is C26H30ClN5O4S. The lowest BCUT2D eigenvalue weighted by Crippen LogP contribution is -2.37. The third-order valence-electron chi connectivity index (χ3n) is 6.94. The Kier molecular flexibility index (Phi) is 7.89. The average Bonchev–Trinajstić information content (AvgIpc) is 3.38. The van der Waals surface area contributed by atoms with Crippen molar-refractivity contribution in [1.29, 1.82) is 0 Å². The lowest BCUT2D eigenvalue weighted by atomic mass is 9.96. The summed E-state index contributed by atoms with van der Waals surface area (Å²) < 4.78 is 32.6. The smallest absolute Gasteiger partial charge is 0.243 e. The van der Waals surface area contributed by atoms with E-state index in [0.29, 0.717) is 54.9 Å². The van der Waals surface area contributed by atoms with Crippen LogP contribution in [-0.2, 0) is 21.4 Å². The second-order valence-electron chi connectivity index (χ2n) is 9.55. The summed E-state index contributed by atoms with van der Waals surface area (Å²) in [5.41, 5.74) is 1.40. The maximum Gasteiger partial charge on any atom is 0.243 e. The van der Waals surface area contributed by atoms with Gasteiger partial charge in [-0.1, -0.05) is 35.3 Å². The number of hydrogen-bond donors (Lipinski definition) is 1. The van der Waals surface area contributed by atoms with Gasteiger partial charge in [-0.3, -0.25) is 9.69 Å². The summed E-state index contributed by atoms with van der Waals surface area (Å²) in [6.45, 7) is 3.12. The van der Waals surface area contributed by atoms with Crippen molar-refractivity contribution in [3.8, 4) is 11.4 Å². The highest BCUT2D eigenvalue weighted by Gasteiger charge is 2.28. The number of rotatable bonds is 7. The monoisotopic (exact) mass is 543 g/mol. The van der Waals surface area contributed by atoms with Crippen LogP contribution in [0.1, 0.15) is 38.0 Å². The molecule has 2 aliphatic rings. The minimum atomic E-state index is -3.48. The maximum atomic E-state index is 12.8. The van der Waals surface area contributed by atoms with Crippen molar-refractivity contribution in [3.05, 3.63) is 59.4 Å². The predicted octanol–water partition coefficient (Wildman–Crippen LogP) is 4.42. The number of piperidine rings is 2. The summed E-state index contributed by atoms with van der Waals surface area (Å²) >= 11 is 6.05. The number of hydrogen-bond acceptors (Lipinski definition) is 7. The fourth-order valence-corrected chi connectivity index (χ4v) is 6.52. The first-order valence-corrected chi connectivity index (χ1v) is 14.4. The Morgan fingerprint density at radius 1 is 1.03 bits per heavy atom. The number of benzene rings is 2. The molecule has 2 aliphatic heterocycles. The van der Waals surface area contributed by atoms with E-state index in [1.807, 2.05) is 12.1 Å². The normalized spacial score (nSPS) is 18.1. The molecule has 0 aliphatic carbocycles. The van der Waals surface area contributed by atoms with Crippen molar-refractivity contribution >= 4 is 33.2 Å². The van der Waals surface area contributed by atoms with Crippen LogP contribution in [-0.4, -0.2) is 59.8 Å². The van der Waals surface area contributed by atoms with Gasteiger partial charge in [-0.25, -0.2) is 8.42 Å². The Morgan fingerprint density at radius 2 is 1.76 bits per heavy atom. The molecular weight excluding hydrogens is 514 g/mol. The van der Waals surface area contributed by atoms with Crippen LogP contribution in [0, 0.1) is 5.92 Å². The van der Waals surface area contributed by atoms with Gasteiger partial charge in [0.2, 0.25) is 27.6 Å². The minimum Gasteiger partial charge on any atom is -0.338 e. The molecule has 3 heterocycles. The van der Waals surface area contributed by atoms with Crippen LogP contribution in [0.15, 0.2) is 57.9 Å². The zero-order valence-corrected chi connectivity index (χ0v) is 22.0. The molecule has 0 saturated carbocycles. The van der Waals surface area contributed by atoms with Crippen molar-refractivity contribution in [2.75, 3.05) is 31.5 Å². The number of anilines is 1. The van der Waals surface area contributed by atoms with E-state index >= 15 is 0 Å². The third kappa shape index (κ3) is 6.20. The van der Waals surface area contributed by atoms with Crippen LogP contribution < -0.4 is 5.32 Å². The second-order valence-corrected chi connectivity index (χ2v) is 11.9. The average molecular weight is 544 g/mol. The number of carbonyl (C=O) groups is 1. The van der Waals surface area contributed by atoms with Crippen LogP contribution in [0.3, 0.4) is 0 Å². The molecule has 9 nitrogen and oxygen atoms in total. The number of amides is 1. The summed E-state index contributed by atoms with van der Waals surface area (Å²) in [6.07, 6.45) is 4.28. The lowest BCUT2D eigenvalue weighted by Gasteiger charge is -2.30. The van der Waals surface area contributed by atoms with Gasteiger partial charge in [0.05, 0.1) is 11.4 Å². The van der Waals surface area contributed by atoms with Crippen molar-refractivity contribution in [2.24, 2.45) is 5.92 Å². The molecule has 0 radical (unpaired) electrons. The van der Waals surface area contributed by atoms with Gasteiger partial charge >= 0.3 is 0 Å². The Bertz CT molecular complexity index is 1330. The first kappa shape index (κ1) is 25.8. The zero-order chi connectivity index (χ0) is 25.8. The molecule has 0 spiro atoms. The third-order valence-corrected chi connectivity index (χ3v) is 9.09. The van der Waals surface area contributed by atoms with Crippen molar-refractivity contribution in [3.63, 3.8) is 0 Å². The number of likely N-dealkylation sites (tertiary alicyclic amines) is 1. The van der Waals surface area contributed by atoms with Crippen LogP contribution >= 0.6 is 11.6 Å². The van der Waals surface area contributed by atoms with E-state index in [0.717, 1.165) is 37.9 Å². The Balaban J connectivity index is 1.11. The molecule has 2 fully saturated rings. The summed E-state index contributed by atoms with van der Waals surface area (Å²) in [4.78, 5) is 19.8. The number of sulfonamides is 1. The number of nitrogens with zero attached hydrogens (tertiary/aromatic N) is 4. The molecule has 1 aromatic heterocycles. The first-order valence-electron chi connectivity index (χ1n) is 12.6. The van der Waals surface area contributed by atoms with Crippen LogP contribution in [0.4, 0.5) is 5.69 Å². The van der Waals surface area contributed by atoms with Crippen LogP contribution in [0.2, 0.25) is 5.02 Å². The predicted molar refractivity (Wildman–Crippen MR) is 140 cm³/mol. The fourth-order valence-electron chi connectivity index (χ4n) is 4.82. The van der Waals surface area contributed by atoms with Crippen molar-refractivity contribution < 1.29 is 17.7 Å². The highest BCUT2D eigenvalue weighted by atomic mass is 35.5. The molecule has 2 saturated heterocycles. The van der Waals surface area contributed by atoms with Gasteiger partial charge in [0.15, 0.2) is 0 Å². The summed E-state index contributed by atoms with van der Waals surface area (Å²) in [5, 5.41) is 7.61. The molecule has 0 unspecified atom stereocenters.